The predicted molar refractivity (Wildman–Crippen MR) is 153 cm³/mol. The number of nitrogens with one attached hydrogen (secondary N) is 2. The first-order valence-electron chi connectivity index (χ1n) is 12.8. The third-order valence-electron chi connectivity index (χ3n) is 6.90. The van der Waals surface area contributed by atoms with E-state index < -0.39 is 17.8 Å². The first-order chi connectivity index (χ1) is 19.0. The summed E-state index contributed by atoms with van der Waals surface area (Å²) in [5, 5.41) is 6.79. The number of anilines is 2. The van der Waals surface area contributed by atoms with Crippen LogP contribution in [0.1, 0.15) is 48.4 Å². The lowest BCUT2D eigenvalue weighted by atomic mass is 10.00. The number of hydrogen-bond donors (Lipinski definition) is 2. The van der Waals surface area contributed by atoms with E-state index in [1.54, 1.807) is 29.1 Å². The molecule has 2 N–H and O–H groups in total. The van der Waals surface area contributed by atoms with Gasteiger partial charge in [-0.1, -0.05) is 26.0 Å². The van der Waals surface area contributed by atoms with Crippen molar-refractivity contribution < 1.29 is 18.0 Å². The molecule has 1 aliphatic heterocycles. The minimum atomic E-state index is -4.47. The van der Waals surface area contributed by atoms with Crippen LogP contribution in [0.15, 0.2) is 85.2 Å². The lowest BCUT2D eigenvalue weighted by Gasteiger charge is -2.29. The topological polar surface area (TPSA) is 62.2 Å². The summed E-state index contributed by atoms with van der Waals surface area (Å²) < 4.78 is 42.4. The summed E-state index contributed by atoms with van der Waals surface area (Å²) in [6.07, 6.45) is -1.02. The van der Waals surface area contributed by atoms with E-state index in [9.17, 15) is 18.0 Å². The fourth-order valence-electron chi connectivity index (χ4n) is 4.85. The summed E-state index contributed by atoms with van der Waals surface area (Å²) in [6.45, 7) is 5.56. The number of halogens is 3. The van der Waals surface area contributed by atoms with Gasteiger partial charge in [-0.15, -0.1) is 0 Å². The molecule has 0 aliphatic carbocycles. The van der Waals surface area contributed by atoms with Gasteiger partial charge in [0.15, 0.2) is 5.11 Å². The second kappa shape index (κ2) is 10.8. The van der Waals surface area contributed by atoms with Gasteiger partial charge in [-0.25, -0.2) is 0 Å². The smallest absolute Gasteiger partial charge is 0.351 e. The fourth-order valence-corrected chi connectivity index (χ4v) is 5.20. The van der Waals surface area contributed by atoms with Gasteiger partial charge in [0.2, 0.25) is 5.91 Å². The maximum atomic E-state index is 13.5. The molecule has 206 valence electrons. The van der Waals surface area contributed by atoms with E-state index in [1.807, 2.05) is 68.1 Å². The number of pyridine rings is 1. The quantitative estimate of drug-likeness (QED) is 0.248. The van der Waals surface area contributed by atoms with Gasteiger partial charge in [0.05, 0.1) is 17.3 Å². The maximum Gasteiger partial charge on any atom is 0.416 e. The molecule has 1 fully saturated rings. The Hall–Kier alpha value is -4.18. The van der Waals surface area contributed by atoms with Crippen molar-refractivity contribution in [3.63, 3.8) is 0 Å². The van der Waals surface area contributed by atoms with Crippen molar-refractivity contribution in [3.05, 3.63) is 108 Å². The molecule has 3 heterocycles. The Labute approximate surface area is 235 Å². The Morgan fingerprint density at radius 3 is 2.50 bits per heavy atom. The first-order valence-corrected chi connectivity index (χ1v) is 13.2. The normalized spacial score (nSPS) is 17.3. The van der Waals surface area contributed by atoms with Crippen molar-refractivity contribution in [3.8, 4) is 5.69 Å². The Morgan fingerprint density at radius 2 is 1.82 bits per heavy atom. The third-order valence-corrected chi connectivity index (χ3v) is 7.22. The van der Waals surface area contributed by atoms with Crippen LogP contribution in [0.5, 0.6) is 0 Å². The Balaban J connectivity index is 1.61. The van der Waals surface area contributed by atoms with E-state index in [0.29, 0.717) is 16.5 Å². The third kappa shape index (κ3) is 5.31. The number of rotatable bonds is 6. The number of carbonyl (C=O) groups is 1. The van der Waals surface area contributed by atoms with Crippen molar-refractivity contribution in [2.24, 2.45) is 5.92 Å². The molecule has 1 saturated heterocycles. The second-order valence-corrected chi connectivity index (χ2v) is 10.4. The van der Waals surface area contributed by atoms with Crippen LogP contribution in [0, 0.1) is 12.8 Å². The molecule has 1 aliphatic rings. The van der Waals surface area contributed by atoms with E-state index in [4.69, 9.17) is 12.2 Å². The zero-order valence-electron chi connectivity index (χ0n) is 22.1. The summed E-state index contributed by atoms with van der Waals surface area (Å²) in [5.74, 6) is -0.247. The van der Waals surface area contributed by atoms with E-state index >= 15 is 0 Å². The minimum absolute atomic E-state index is 0.0822. The molecule has 2 atom stereocenters. The largest absolute Gasteiger partial charge is 0.416 e. The summed E-state index contributed by atoms with van der Waals surface area (Å²) in [4.78, 5) is 18.8. The molecule has 0 bridgehead atoms. The van der Waals surface area contributed by atoms with Gasteiger partial charge < -0.3 is 20.1 Å². The van der Waals surface area contributed by atoms with Crippen LogP contribution in [0.3, 0.4) is 0 Å². The number of aryl methyl sites for hydroxylation is 1. The zero-order valence-corrected chi connectivity index (χ0v) is 22.9. The van der Waals surface area contributed by atoms with Crippen molar-refractivity contribution in [1.29, 1.82) is 0 Å². The summed E-state index contributed by atoms with van der Waals surface area (Å²) in [5.41, 5.74) is 3.46. The van der Waals surface area contributed by atoms with Gasteiger partial charge >= 0.3 is 6.18 Å². The standard InChI is InChI=1S/C30H28F3N5OS/c1-18(2)28(39)35-23-13-12-22(16-19(23)3)38-27(26(36-29(38)40)24-10-4-5-14-34-24)25-11-7-15-37(25)21-9-6-8-20(17-21)30(31,32)33/h4-18,26-27H,1-3H3,(H,35,39)(H,36,40)/t26-,27+/m1/s1. The molecular weight excluding hydrogens is 535 g/mol. The fraction of sp³-hybridized carbons (Fsp3) is 0.233. The number of thiocarbonyl (C=S) groups is 1. The predicted octanol–water partition coefficient (Wildman–Crippen LogP) is 6.97. The van der Waals surface area contributed by atoms with E-state index in [1.165, 1.54) is 6.07 Å². The average Bonchev–Trinajstić information content (AvgIpc) is 3.54. The van der Waals surface area contributed by atoms with Crippen LogP contribution >= 0.6 is 12.2 Å². The van der Waals surface area contributed by atoms with Crippen LogP contribution < -0.4 is 15.5 Å². The summed E-state index contributed by atoms with van der Waals surface area (Å²) >= 11 is 5.82. The highest BCUT2D eigenvalue weighted by molar-refractivity contribution is 7.80. The van der Waals surface area contributed by atoms with Crippen molar-refractivity contribution in [2.45, 2.75) is 39.0 Å². The van der Waals surface area contributed by atoms with Crippen molar-refractivity contribution in [2.75, 3.05) is 10.2 Å². The number of carbonyl (C=O) groups excluding carboxylic acids is 1. The zero-order chi connectivity index (χ0) is 28.6. The molecular formula is C30H28F3N5OS. The van der Waals surface area contributed by atoms with Crippen LogP contribution in [-0.4, -0.2) is 20.6 Å². The van der Waals surface area contributed by atoms with Gasteiger partial charge in [0, 0.05) is 41.1 Å². The molecule has 0 saturated carbocycles. The highest BCUT2D eigenvalue weighted by atomic mass is 32.1. The number of amides is 1. The highest BCUT2D eigenvalue weighted by Crippen LogP contribution is 2.43. The van der Waals surface area contributed by atoms with E-state index in [2.05, 4.69) is 15.6 Å². The molecule has 2 aromatic heterocycles. The van der Waals surface area contributed by atoms with Crippen LogP contribution in [0.2, 0.25) is 0 Å². The van der Waals surface area contributed by atoms with Crippen molar-refractivity contribution in [1.82, 2.24) is 14.9 Å². The SMILES string of the molecule is Cc1cc(N2C(=S)N[C@H](c3ccccn3)[C@@H]2c2cccn2-c2cccc(C(F)(F)F)c2)ccc1NC(=O)C(C)C. The first kappa shape index (κ1) is 27.4. The maximum absolute atomic E-state index is 13.5. The van der Waals surface area contributed by atoms with E-state index in [-0.39, 0.29) is 17.9 Å². The number of aromatic nitrogens is 2. The van der Waals surface area contributed by atoms with Crippen LogP contribution in [-0.2, 0) is 11.0 Å². The number of hydrogen-bond acceptors (Lipinski definition) is 3. The molecule has 5 rings (SSSR count). The summed E-state index contributed by atoms with van der Waals surface area (Å²) in [7, 11) is 0. The van der Waals surface area contributed by atoms with Crippen molar-refractivity contribution >= 4 is 34.6 Å². The Morgan fingerprint density at radius 1 is 1.02 bits per heavy atom. The number of nitrogens with zero attached hydrogens (tertiary/aromatic N) is 3. The summed E-state index contributed by atoms with van der Waals surface area (Å²) in [6, 6.07) is 19.4. The molecule has 4 aromatic rings. The average molecular weight is 564 g/mol. The van der Waals surface area contributed by atoms with Gasteiger partial charge in [-0.05, 0) is 85.4 Å². The second-order valence-electron chi connectivity index (χ2n) is 9.99. The molecule has 0 unspecified atom stereocenters. The van der Waals surface area contributed by atoms with Gasteiger partial charge in [0.25, 0.3) is 0 Å². The van der Waals surface area contributed by atoms with Crippen LogP contribution in [0.4, 0.5) is 24.5 Å². The molecule has 2 aromatic carbocycles. The van der Waals surface area contributed by atoms with Gasteiger partial charge in [-0.3, -0.25) is 9.78 Å². The molecule has 1 amide bonds. The highest BCUT2D eigenvalue weighted by Gasteiger charge is 2.42. The lowest BCUT2D eigenvalue weighted by molar-refractivity contribution is -0.137. The molecule has 0 spiro atoms. The van der Waals surface area contributed by atoms with E-state index in [0.717, 1.165) is 34.8 Å². The monoisotopic (exact) mass is 563 g/mol. The molecule has 40 heavy (non-hydrogen) atoms. The van der Waals surface area contributed by atoms with Crippen LogP contribution in [0.25, 0.3) is 5.69 Å². The molecule has 10 heteroatoms. The Bertz CT molecular complexity index is 1550. The molecule has 0 radical (unpaired) electrons. The molecule has 6 nitrogen and oxygen atoms in total. The number of benzene rings is 2. The lowest BCUT2D eigenvalue weighted by Crippen LogP contribution is -2.30. The van der Waals surface area contributed by atoms with Gasteiger partial charge in [-0.2, -0.15) is 13.2 Å². The number of alkyl halides is 3. The Kier molecular flexibility index (Phi) is 7.37. The van der Waals surface area contributed by atoms with Gasteiger partial charge in [0.1, 0.15) is 6.04 Å². The minimum Gasteiger partial charge on any atom is -0.351 e.